The molecular formula is C25H24N4O4. The van der Waals surface area contributed by atoms with E-state index in [1.54, 1.807) is 44.6 Å². The molecule has 0 spiro atoms. The van der Waals surface area contributed by atoms with Crippen molar-refractivity contribution in [2.45, 2.75) is 13.5 Å². The predicted octanol–water partition coefficient (Wildman–Crippen LogP) is 3.48. The van der Waals surface area contributed by atoms with Gasteiger partial charge in [0.1, 0.15) is 17.1 Å². The van der Waals surface area contributed by atoms with Crippen LogP contribution in [0.2, 0.25) is 0 Å². The second kappa shape index (κ2) is 9.44. The van der Waals surface area contributed by atoms with Crippen LogP contribution in [0.25, 0.3) is 16.9 Å². The van der Waals surface area contributed by atoms with Crippen LogP contribution in [0.3, 0.4) is 0 Å². The van der Waals surface area contributed by atoms with Crippen LogP contribution >= 0.6 is 0 Å². The van der Waals surface area contributed by atoms with Gasteiger partial charge in [0, 0.05) is 23.9 Å². The summed E-state index contributed by atoms with van der Waals surface area (Å²) >= 11 is 0. The maximum Gasteiger partial charge on any atom is 0.268 e. The van der Waals surface area contributed by atoms with Gasteiger partial charge in [0.05, 0.1) is 31.8 Å². The van der Waals surface area contributed by atoms with Crippen molar-refractivity contribution in [1.82, 2.24) is 20.1 Å². The zero-order valence-electron chi connectivity index (χ0n) is 18.6. The number of methoxy groups -OCH3 is 2. The van der Waals surface area contributed by atoms with Crippen LogP contribution in [0.15, 0.2) is 71.8 Å². The summed E-state index contributed by atoms with van der Waals surface area (Å²) in [6.45, 7) is 1.95. The van der Waals surface area contributed by atoms with E-state index in [1.807, 2.05) is 36.4 Å². The number of rotatable bonds is 7. The average Bonchev–Trinajstić information content (AvgIpc) is 3.31. The van der Waals surface area contributed by atoms with Gasteiger partial charge in [0.15, 0.2) is 0 Å². The van der Waals surface area contributed by atoms with Crippen molar-refractivity contribution in [3.63, 3.8) is 0 Å². The Morgan fingerprint density at radius 3 is 2.55 bits per heavy atom. The van der Waals surface area contributed by atoms with Crippen LogP contribution in [0.1, 0.15) is 21.5 Å². The molecule has 8 heteroatoms. The fourth-order valence-corrected chi connectivity index (χ4v) is 3.64. The van der Waals surface area contributed by atoms with Crippen LogP contribution < -0.4 is 20.3 Å². The number of aryl methyl sites for hydroxylation is 1. The number of ether oxygens (including phenoxy) is 2. The standard InChI is InChI=1S/C25H24N4O4/c1-16-12-13-29(20-6-4-5-7-21(20)33-3)25(31)22(16)24(30)26-14-18-15-27-28-23(18)17-8-10-19(32-2)11-9-17/h4-13,15H,14H2,1-3H3,(H,26,30)(H,27,28). The molecule has 0 atom stereocenters. The Hall–Kier alpha value is -4.33. The second-order valence-electron chi connectivity index (χ2n) is 7.40. The summed E-state index contributed by atoms with van der Waals surface area (Å²) in [7, 11) is 3.15. The van der Waals surface area contributed by atoms with Crippen molar-refractivity contribution in [3.05, 3.63) is 94.0 Å². The zero-order chi connectivity index (χ0) is 23.4. The molecular weight excluding hydrogens is 420 g/mol. The second-order valence-corrected chi connectivity index (χ2v) is 7.40. The first-order valence-electron chi connectivity index (χ1n) is 10.3. The number of nitrogens with one attached hydrogen (secondary N) is 2. The number of aromatic amines is 1. The summed E-state index contributed by atoms with van der Waals surface area (Å²) < 4.78 is 12.0. The number of hydrogen-bond acceptors (Lipinski definition) is 5. The lowest BCUT2D eigenvalue weighted by Crippen LogP contribution is -2.33. The van der Waals surface area contributed by atoms with Gasteiger partial charge in [-0.05, 0) is 55.0 Å². The van der Waals surface area contributed by atoms with Crippen LogP contribution in [0, 0.1) is 6.92 Å². The number of carbonyl (C=O) groups excluding carboxylic acids is 1. The topological polar surface area (TPSA) is 98.2 Å². The van der Waals surface area contributed by atoms with Crippen molar-refractivity contribution in [1.29, 1.82) is 0 Å². The number of pyridine rings is 1. The first-order valence-corrected chi connectivity index (χ1v) is 10.3. The number of H-pyrrole nitrogens is 1. The summed E-state index contributed by atoms with van der Waals surface area (Å²) in [5.74, 6) is 0.833. The minimum atomic E-state index is -0.455. The molecule has 1 amide bonds. The van der Waals surface area contributed by atoms with Gasteiger partial charge in [0.25, 0.3) is 11.5 Å². The van der Waals surface area contributed by atoms with E-state index in [4.69, 9.17) is 9.47 Å². The van der Waals surface area contributed by atoms with E-state index in [0.29, 0.717) is 17.0 Å². The van der Waals surface area contributed by atoms with Gasteiger partial charge < -0.3 is 14.8 Å². The Labute approximate surface area is 190 Å². The minimum Gasteiger partial charge on any atom is -0.497 e. The summed E-state index contributed by atoms with van der Waals surface area (Å²) in [5, 5.41) is 9.93. The van der Waals surface area contributed by atoms with E-state index < -0.39 is 11.5 Å². The van der Waals surface area contributed by atoms with Crippen LogP contribution in [-0.4, -0.2) is 34.9 Å². The SMILES string of the molecule is COc1ccc(-c2[nH]ncc2CNC(=O)c2c(C)ccn(-c3ccccc3OC)c2=O)cc1. The molecule has 0 aliphatic rings. The molecule has 168 valence electrons. The zero-order valence-corrected chi connectivity index (χ0v) is 18.6. The normalized spacial score (nSPS) is 10.6. The van der Waals surface area contributed by atoms with E-state index in [9.17, 15) is 9.59 Å². The summed E-state index contributed by atoms with van der Waals surface area (Å²) in [5.41, 5.74) is 3.31. The molecule has 0 aliphatic heterocycles. The molecule has 4 rings (SSSR count). The smallest absolute Gasteiger partial charge is 0.268 e. The molecule has 33 heavy (non-hydrogen) atoms. The number of amides is 1. The third-order valence-corrected chi connectivity index (χ3v) is 5.41. The Kier molecular flexibility index (Phi) is 6.26. The van der Waals surface area contributed by atoms with Crippen LogP contribution in [-0.2, 0) is 6.54 Å². The molecule has 0 bridgehead atoms. The molecule has 2 heterocycles. The van der Waals surface area contributed by atoms with Gasteiger partial charge in [-0.15, -0.1) is 0 Å². The van der Waals surface area contributed by atoms with Gasteiger partial charge in [-0.2, -0.15) is 5.10 Å². The van der Waals surface area contributed by atoms with Crippen molar-refractivity contribution in [2.75, 3.05) is 14.2 Å². The molecule has 0 fully saturated rings. The quantitative estimate of drug-likeness (QED) is 0.455. The van der Waals surface area contributed by atoms with E-state index in [-0.39, 0.29) is 12.1 Å². The van der Waals surface area contributed by atoms with Gasteiger partial charge in [-0.3, -0.25) is 19.3 Å². The lowest BCUT2D eigenvalue weighted by Gasteiger charge is -2.14. The molecule has 0 saturated heterocycles. The lowest BCUT2D eigenvalue weighted by atomic mass is 10.1. The highest BCUT2D eigenvalue weighted by atomic mass is 16.5. The molecule has 2 aromatic heterocycles. The fourth-order valence-electron chi connectivity index (χ4n) is 3.64. The maximum atomic E-state index is 13.2. The predicted molar refractivity (Wildman–Crippen MR) is 125 cm³/mol. The molecule has 8 nitrogen and oxygen atoms in total. The van der Waals surface area contributed by atoms with Crippen molar-refractivity contribution in [3.8, 4) is 28.4 Å². The van der Waals surface area contributed by atoms with Gasteiger partial charge >= 0.3 is 0 Å². The third-order valence-electron chi connectivity index (χ3n) is 5.41. The summed E-state index contributed by atoms with van der Waals surface area (Å²) in [6.07, 6.45) is 3.30. The number of nitrogens with zero attached hydrogens (tertiary/aromatic N) is 2. The van der Waals surface area contributed by atoms with Crippen molar-refractivity contribution < 1.29 is 14.3 Å². The largest absolute Gasteiger partial charge is 0.497 e. The summed E-state index contributed by atoms with van der Waals surface area (Å²) in [6, 6.07) is 16.4. The molecule has 0 unspecified atom stereocenters. The highest BCUT2D eigenvalue weighted by molar-refractivity contribution is 5.95. The van der Waals surface area contributed by atoms with E-state index in [1.165, 1.54) is 11.7 Å². The Bertz CT molecular complexity index is 1340. The van der Waals surface area contributed by atoms with Crippen LogP contribution in [0.5, 0.6) is 11.5 Å². The highest BCUT2D eigenvalue weighted by Crippen LogP contribution is 2.24. The number of hydrogen-bond donors (Lipinski definition) is 2. The molecule has 0 saturated carbocycles. The number of aromatic nitrogens is 3. The lowest BCUT2D eigenvalue weighted by molar-refractivity contribution is 0.0948. The third kappa shape index (κ3) is 4.36. The molecule has 2 aromatic carbocycles. The minimum absolute atomic E-state index is 0.0814. The maximum absolute atomic E-state index is 13.2. The van der Waals surface area contributed by atoms with Gasteiger partial charge in [0.2, 0.25) is 0 Å². The first-order chi connectivity index (χ1) is 16.0. The van der Waals surface area contributed by atoms with Crippen LogP contribution in [0.4, 0.5) is 0 Å². The Morgan fingerprint density at radius 2 is 1.82 bits per heavy atom. The first kappa shape index (κ1) is 21.9. The molecule has 0 radical (unpaired) electrons. The molecule has 2 N–H and O–H groups in total. The molecule has 0 aliphatic carbocycles. The monoisotopic (exact) mass is 444 g/mol. The van der Waals surface area contributed by atoms with E-state index in [2.05, 4.69) is 15.5 Å². The van der Waals surface area contributed by atoms with Gasteiger partial charge in [-0.25, -0.2) is 0 Å². The van der Waals surface area contributed by atoms with Crippen molar-refractivity contribution >= 4 is 5.91 Å². The Morgan fingerprint density at radius 1 is 1.06 bits per heavy atom. The Balaban J connectivity index is 1.59. The summed E-state index contributed by atoms with van der Waals surface area (Å²) in [4.78, 5) is 26.3. The van der Waals surface area contributed by atoms with E-state index in [0.717, 1.165) is 22.6 Å². The molecule has 4 aromatic rings. The highest BCUT2D eigenvalue weighted by Gasteiger charge is 2.18. The van der Waals surface area contributed by atoms with Gasteiger partial charge in [-0.1, -0.05) is 12.1 Å². The number of benzene rings is 2. The van der Waals surface area contributed by atoms with E-state index >= 15 is 0 Å². The van der Waals surface area contributed by atoms with Crippen molar-refractivity contribution in [2.24, 2.45) is 0 Å². The fraction of sp³-hybridized carbons (Fsp3) is 0.160. The average molecular weight is 444 g/mol. The number of carbonyl (C=O) groups is 1. The number of para-hydroxylation sites is 2.